The third-order valence-electron chi connectivity index (χ3n) is 4.53. The van der Waals surface area contributed by atoms with Crippen LogP contribution in [0, 0.1) is 0 Å². The fourth-order valence-electron chi connectivity index (χ4n) is 3.36. The molecule has 1 amide bonds. The number of likely N-dealkylation sites (tertiary alicyclic amines) is 2. The number of ether oxygens (including phenoxy) is 1. The molecule has 2 fully saturated rings. The van der Waals surface area contributed by atoms with Gasteiger partial charge in [0.1, 0.15) is 5.75 Å². The zero-order valence-electron chi connectivity index (χ0n) is 11.9. The normalized spacial score (nSPS) is 24.7. The topological polar surface area (TPSA) is 45.7 Å². The molecule has 4 rings (SSSR count). The van der Waals surface area contributed by atoms with Crippen LogP contribution in [0.4, 0.5) is 4.79 Å². The van der Waals surface area contributed by atoms with Crippen LogP contribution < -0.4 is 4.74 Å². The highest BCUT2D eigenvalue weighted by atomic mass is 16.6. The Kier molecular flexibility index (Phi) is 2.82. The third kappa shape index (κ3) is 2.14. The van der Waals surface area contributed by atoms with Gasteiger partial charge in [-0.15, -0.1) is 0 Å². The van der Waals surface area contributed by atoms with E-state index in [4.69, 9.17) is 4.74 Å². The van der Waals surface area contributed by atoms with Crippen molar-refractivity contribution in [3.63, 3.8) is 0 Å². The van der Waals surface area contributed by atoms with Crippen molar-refractivity contribution in [3.8, 4) is 5.75 Å². The number of hydrogen-bond donors (Lipinski definition) is 0. The molecule has 0 saturated carbocycles. The molecule has 3 heterocycles. The lowest BCUT2D eigenvalue weighted by Gasteiger charge is -2.31. The van der Waals surface area contributed by atoms with E-state index >= 15 is 0 Å². The van der Waals surface area contributed by atoms with Crippen LogP contribution in [0.25, 0.3) is 10.9 Å². The predicted molar refractivity (Wildman–Crippen MR) is 79.3 cm³/mol. The number of piperazine rings is 1. The van der Waals surface area contributed by atoms with Gasteiger partial charge in [-0.2, -0.15) is 0 Å². The lowest BCUT2D eigenvalue weighted by Crippen LogP contribution is -2.48. The van der Waals surface area contributed by atoms with Gasteiger partial charge in [0.25, 0.3) is 0 Å². The second-order valence-corrected chi connectivity index (χ2v) is 5.86. The Morgan fingerprint density at radius 2 is 2.19 bits per heavy atom. The van der Waals surface area contributed by atoms with Gasteiger partial charge < -0.3 is 9.64 Å². The van der Waals surface area contributed by atoms with Gasteiger partial charge in [-0.1, -0.05) is 6.07 Å². The van der Waals surface area contributed by atoms with Gasteiger partial charge in [0.15, 0.2) is 0 Å². The number of rotatable bonds is 1. The van der Waals surface area contributed by atoms with E-state index in [0.717, 1.165) is 30.4 Å². The molecule has 0 unspecified atom stereocenters. The van der Waals surface area contributed by atoms with Crippen molar-refractivity contribution in [3.05, 3.63) is 36.5 Å². The molecule has 0 radical (unpaired) electrons. The molecule has 2 bridgehead atoms. The minimum Gasteiger partial charge on any atom is -0.410 e. The lowest BCUT2D eigenvalue weighted by atomic mass is 10.2. The van der Waals surface area contributed by atoms with Crippen LogP contribution in [-0.4, -0.2) is 53.1 Å². The Labute approximate surface area is 123 Å². The van der Waals surface area contributed by atoms with E-state index in [-0.39, 0.29) is 6.09 Å². The smallest absolute Gasteiger partial charge is 0.410 e. The largest absolute Gasteiger partial charge is 0.415 e. The number of carbonyl (C=O) groups is 1. The van der Waals surface area contributed by atoms with Gasteiger partial charge in [0.2, 0.25) is 0 Å². The van der Waals surface area contributed by atoms with Crippen molar-refractivity contribution in [1.82, 2.24) is 14.8 Å². The van der Waals surface area contributed by atoms with E-state index in [1.165, 1.54) is 0 Å². The molecule has 0 spiro atoms. The summed E-state index contributed by atoms with van der Waals surface area (Å²) < 4.78 is 5.52. The SMILES string of the molecule is CN1C[C@H]2C[C@@H]1CN2C(=O)Oc1ccc2cccnc2c1. The average molecular weight is 283 g/mol. The maximum atomic E-state index is 12.3. The molecule has 0 aliphatic carbocycles. The van der Waals surface area contributed by atoms with Crippen molar-refractivity contribution < 1.29 is 9.53 Å². The van der Waals surface area contributed by atoms with E-state index in [9.17, 15) is 4.79 Å². The number of hydrogen-bond acceptors (Lipinski definition) is 4. The zero-order valence-corrected chi connectivity index (χ0v) is 11.9. The van der Waals surface area contributed by atoms with Gasteiger partial charge in [-0.25, -0.2) is 4.79 Å². The lowest BCUT2D eigenvalue weighted by molar-refractivity contribution is 0.118. The number of carbonyl (C=O) groups excluding carboxylic acids is 1. The number of aromatic nitrogens is 1. The molecule has 5 heteroatoms. The maximum absolute atomic E-state index is 12.3. The minimum atomic E-state index is -0.245. The fourth-order valence-corrected chi connectivity index (χ4v) is 3.36. The third-order valence-corrected chi connectivity index (χ3v) is 4.53. The molecule has 2 aromatic rings. The highest BCUT2D eigenvalue weighted by Crippen LogP contribution is 2.30. The molecule has 108 valence electrons. The van der Waals surface area contributed by atoms with Gasteiger partial charge in [-0.05, 0) is 31.7 Å². The number of likely N-dealkylation sites (N-methyl/N-ethyl adjacent to an activating group) is 1. The van der Waals surface area contributed by atoms with Gasteiger partial charge in [-0.3, -0.25) is 9.88 Å². The molecular weight excluding hydrogens is 266 g/mol. The number of fused-ring (bicyclic) bond motifs is 3. The van der Waals surface area contributed by atoms with Crippen molar-refractivity contribution >= 4 is 17.0 Å². The first-order valence-electron chi connectivity index (χ1n) is 7.24. The average Bonchev–Trinajstić information content (AvgIpc) is 3.06. The van der Waals surface area contributed by atoms with E-state index in [1.807, 2.05) is 35.2 Å². The van der Waals surface area contributed by atoms with Crippen LogP contribution in [0.3, 0.4) is 0 Å². The number of amides is 1. The van der Waals surface area contributed by atoms with Crippen molar-refractivity contribution in [1.29, 1.82) is 0 Å². The summed E-state index contributed by atoms with van der Waals surface area (Å²) in [6.45, 7) is 1.71. The summed E-state index contributed by atoms with van der Waals surface area (Å²) in [6.07, 6.45) is 2.56. The monoisotopic (exact) mass is 283 g/mol. The summed E-state index contributed by atoms with van der Waals surface area (Å²) in [5.41, 5.74) is 0.838. The standard InChI is InChI=1S/C16H17N3O2/c1-18-9-13-7-12(18)10-19(13)16(20)21-14-5-4-11-3-2-6-17-15(11)8-14/h2-6,8,12-13H,7,9-10H2,1H3/t12-,13-/m1/s1. The highest BCUT2D eigenvalue weighted by Gasteiger charge is 2.44. The summed E-state index contributed by atoms with van der Waals surface area (Å²) in [4.78, 5) is 20.8. The second kappa shape index (κ2) is 4.70. The fraction of sp³-hybridized carbons (Fsp3) is 0.375. The molecule has 2 saturated heterocycles. The van der Waals surface area contributed by atoms with Gasteiger partial charge >= 0.3 is 6.09 Å². The highest BCUT2D eigenvalue weighted by molar-refractivity contribution is 5.81. The summed E-state index contributed by atoms with van der Waals surface area (Å²) in [5.74, 6) is 0.558. The molecule has 21 heavy (non-hydrogen) atoms. The molecule has 2 aliphatic rings. The summed E-state index contributed by atoms with van der Waals surface area (Å²) in [7, 11) is 2.11. The zero-order chi connectivity index (χ0) is 14.4. The summed E-state index contributed by atoms with van der Waals surface area (Å²) >= 11 is 0. The molecule has 1 aromatic heterocycles. The minimum absolute atomic E-state index is 0.245. The van der Waals surface area contributed by atoms with Gasteiger partial charge in [0, 0.05) is 42.8 Å². The van der Waals surface area contributed by atoms with Crippen LogP contribution in [-0.2, 0) is 0 Å². The second-order valence-electron chi connectivity index (χ2n) is 5.86. The molecular formula is C16H17N3O2. The van der Waals surface area contributed by atoms with Crippen molar-refractivity contribution in [2.24, 2.45) is 0 Å². The molecule has 2 atom stereocenters. The van der Waals surface area contributed by atoms with Crippen LogP contribution in [0.15, 0.2) is 36.5 Å². The maximum Gasteiger partial charge on any atom is 0.415 e. The first-order chi connectivity index (χ1) is 10.2. The van der Waals surface area contributed by atoms with E-state index in [1.54, 1.807) is 6.20 Å². The molecule has 2 aliphatic heterocycles. The Morgan fingerprint density at radius 1 is 1.29 bits per heavy atom. The predicted octanol–water partition coefficient (Wildman–Crippen LogP) is 2.12. The van der Waals surface area contributed by atoms with E-state index in [0.29, 0.717) is 17.8 Å². The molecule has 5 nitrogen and oxygen atoms in total. The van der Waals surface area contributed by atoms with E-state index in [2.05, 4.69) is 16.9 Å². The Hall–Kier alpha value is -2.14. The summed E-state index contributed by atoms with van der Waals surface area (Å²) in [6, 6.07) is 10.2. The van der Waals surface area contributed by atoms with E-state index < -0.39 is 0 Å². The number of pyridine rings is 1. The number of benzene rings is 1. The van der Waals surface area contributed by atoms with Gasteiger partial charge in [0.05, 0.1) is 5.52 Å². The van der Waals surface area contributed by atoms with Crippen LogP contribution in [0.1, 0.15) is 6.42 Å². The quantitative estimate of drug-likeness (QED) is 0.804. The first kappa shape index (κ1) is 12.6. The molecule has 1 aromatic carbocycles. The van der Waals surface area contributed by atoms with Crippen molar-refractivity contribution in [2.75, 3.05) is 20.1 Å². The van der Waals surface area contributed by atoms with Crippen LogP contribution in [0.5, 0.6) is 5.75 Å². The first-order valence-corrected chi connectivity index (χ1v) is 7.24. The molecule has 0 N–H and O–H groups in total. The van der Waals surface area contributed by atoms with Crippen molar-refractivity contribution in [2.45, 2.75) is 18.5 Å². The Bertz CT molecular complexity index is 701. The summed E-state index contributed by atoms with van der Waals surface area (Å²) in [5, 5.41) is 1.04. The number of nitrogens with zero attached hydrogens (tertiary/aromatic N) is 3. The van der Waals surface area contributed by atoms with Crippen LogP contribution >= 0.6 is 0 Å². The Morgan fingerprint density at radius 3 is 2.95 bits per heavy atom. The van der Waals surface area contributed by atoms with Crippen LogP contribution in [0.2, 0.25) is 0 Å². The Balaban J connectivity index is 1.51.